The molecule has 3 heteroatoms. The Morgan fingerprint density at radius 3 is 1.42 bits per heavy atom. The minimum Gasteiger partial charge on any atom is -0.296 e. The average molecular weight is 253 g/mol. The fourth-order valence-electron chi connectivity index (χ4n) is 1.81. The number of imide groups is 1. The lowest BCUT2D eigenvalue weighted by Gasteiger charge is -2.04. The zero-order valence-electron chi connectivity index (χ0n) is 10.5. The molecular formula is C16H15NO2. The molecule has 0 aliphatic rings. The van der Waals surface area contributed by atoms with Gasteiger partial charge < -0.3 is 0 Å². The van der Waals surface area contributed by atoms with Crippen molar-refractivity contribution < 1.29 is 9.59 Å². The Morgan fingerprint density at radius 2 is 1.05 bits per heavy atom. The fraction of sp³-hybridized carbons (Fsp3) is 0.125. The van der Waals surface area contributed by atoms with Gasteiger partial charge in [-0.3, -0.25) is 14.9 Å². The molecule has 0 aliphatic carbocycles. The number of amides is 2. The van der Waals surface area contributed by atoms with Crippen LogP contribution in [0, 0.1) is 0 Å². The molecule has 0 heterocycles. The minimum absolute atomic E-state index is 0.224. The topological polar surface area (TPSA) is 46.2 Å². The summed E-state index contributed by atoms with van der Waals surface area (Å²) < 4.78 is 0. The third-order valence-corrected chi connectivity index (χ3v) is 2.69. The highest BCUT2D eigenvalue weighted by molar-refractivity contribution is 5.96. The summed E-state index contributed by atoms with van der Waals surface area (Å²) in [6.07, 6.45) is 0.447. The van der Waals surface area contributed by atoms with E-state index in [1.54, 1.807) is 0 Å². The van der Waals surface area contributed by atoms with Crippen molar-refractivity contribution in [2.45, 2.75) is 12.8 Å². The Bertz CT molecular complexity index is 498. The van der Waals surface area contributed by atoms with Crippen molar-refractivity contribution in [1.82, 2.24) is 5.32 Å². The molecule has 0 spiro atoms. The van der Waals surface area contributed by atoms with E-state index < -0.39 is 0 Å². The predicted octanol–water partition coefficient (Wildman–Crippen LogP) is 2.11. The molecule has 19 heavy (non-hydrogen) atoms. The third kappa shape index (κ3) is 4.39. The maximum Gasteiger partial charge on any atom is 0.230 e. The third-order valence-electron chi connectivity index (χ3n) is 2.69. The number of carbonyl (C=O) groups is 2. The molecule has 0 atom stereocenters. The van der Waals surface area contributed by atoms with Gasteiger partial charge in [0.1, 0.15) is 0 Å². The van der Waals surface area contributed by atoms with Crippen LogP contribution in [0.25, 0.3) is 0 Å². The maximum absolute atomic E-state index is 11.7. The van der Waals surface area contributed by atoms with Crippen molar-refractivity contribution >= 4 is 11.8 Å². The first-order chi connectivity index (χ1) is 9.24. The van der Waals surface area contributed by atoms with Gasteiger partial charge in [-0.2, -0.15) is 0 Å². The van der Waals surface area contributed by atoms with E-state index in [1.807, 2.05) is 60.7 Å². The van der Waals surface area contributed by atoms with Crippen LogP contribution in [0.4, 0.5) is 0 Å². The predicted molar refractivity (Wildman–Crippen MR) is 73.4 cm³/mol. The van der Waals surface area contributed by atoms with E-state index in [0.717, 1.165) is 11.1 Å². The van der Waals surface area contributed by atoms with Crippen molar-refractivity contribution in [2.24, 2.45) is 0 Å². The molecule has 0 bridgehead atoms. The molecule has 1 N–H and O–H groups in total. The van der Waals surface area contributed by atoms with E-state index in [1.165, 1.54) is 0 Å². The van der Waals surface area contributed by atoms with E-state index >= 15 is 0 Å². The van der Waals surface area contributed by atoms with Gasteiger partial charge in [0.25, 0.3) is 0 Å². The first-order valence-corrected chi connectivity index (χ1v) is 6.14. The summed E-state index contributed by atoms with van der Waals surface area (Å²) in [6.45, 7) is 0. The number of hydrogen-bond donors (Lipinski definition) is 1. The zero-order chi connectivity index (χ0) is 13.5. The lowest BCUT2D eigenvalue weighted by Crippen LogP contribution is -2.32. The van der Waals surface area contributed by atoms with Crippen LogP contribution in [0.2, 0.25) is 0 Å². The number of nitrogens with one attached hydrogen (secondary N) is 1. The van der Waals surface area contributed by atoms with Gasteiger partial charge in [-0.15, -0.1) is 0 Å². The van der Waals surface area contributed by atoms with Gasteiger partial charge >= 0.3 is 0 Å². The molecule has 0 fully saturated rings. The normalized spacial score (nSPS) is 9.89. The molecule has 2 rings (SSSR count). The highest BCUT2D eigenvalue weighted by Gasteiger charge is 2.08. The highest BCUT2D eigenvalue weighted by Crippen LogP contribution is 2.01. The average Bonchev–Trinajstić information content (AvgIpc) is 2.40. The van der Waals surface area contributed by atoms with Crippen LogP contribution in [-0.4, -0.2) is 11.8 Å². The summed E-state index contributed by atoms with van der Waals surface area (Å²) in [5.41, 5.74) is 1.79. The molecule has 2 amide bonds. The van der Waals surface area contributed by atoms with Gasteiger partial charge in [0.2, 0.25) is 11.8 Å². The second-order valence-electron chi connectivity index (χ2n) is 4.30. The monoisotopic (exact) mass is 253 g/mol. The molecule has 0 saturated carbocycles. The Morgan fingerprint density at radius 1 is 0.684 bits per heavy atom. The van der Waals surface area contributed by atoms with Crippen molar-refractivity contribution in [1.29, 1.82) is 0 Å². The summed E-state index contributed by atoms with van der Waals surface area (Å²) >= 11 is 0. The van der Waals surface area contributed by atoms with Gasteiger partial charge in [0, 0.05) is 0 Å². The Balaban J connectivity index is 1.84. The summed E-state index contributed by atoms with van der Waals surface area (Å²) in [6, 6.07) is 18.7. The zero-order valence-corrected chi connectivity index (χ0v) is 10.5. The van der Waals surface area contributed by atoms with Crippen molar-refractivity contribution in [2.75, 3.05) is 0 Å². The fourth-order valence-corrected chi connectivity index (χ4v) is 1.81. The second kappa shape index (κ2) is 6.50. The maximum atomic E-state index is 11.7. The number of hydrogen-bond acceptors (Lipinski definition) is 2. The number of benzene rings is 2. The molecule has 3 nitrogen and oxygen atoms in total. The molecule has 0 unspecified atom stereocenters. The summed E-state index contributed by atoms with van der Waals surface area (Å²) in [5.74, 6) is -0.542. The lowest BCUT2D eigenvalue weighted by molar-refractivity contribution is -0.129. The van der Waals surface area contributed by atoms with E-state index in [-0.39, 0.29) is 24.7 Å². The highest BCUT2D eigenvalue weighted by atomic mass is 16.2. The van der Waals surface area contributed by atoms with Gasteiger partial charge in [-0.1, -0.05) is 60.7 Å². The molecule has 0 aliphatic heterocycles. The standard InChI is InChI=1S/C16H15NO2/c18-15(11-13-7-3-1-4-8-13)17-16(19)12-14-9-5-2-6-10-14/h1-10H,11-12H2,(H,17,18,19). The summed E-state index contributed by atoms with van der Waals surface area (Å²) in [4.78, 5) is 23.4. The van der Waals surface area contributed by atoms with Crippen LogP contribution in [0.1, 0.15) is 11.1 Å². The number of carbonyl (C=O) groups excluding carboxylic acids is 2. The van der Waals surface area contributed by atoms with E-state index in [2.05, 4.69) is 5.32 Å². The van der Waals surface area contributed by atoms with E-state index in [4.69, 9.17) is 0 Å². The van der Waals surface area contributed by atoms with Crippen LogP contribution in [0.5, 0.6) is 0 Å². The molecule has 0 radical (unpaired) electrons. The first kappa shape index (κ1) is 13.0. The van der Waals surface area contributed by atoms with Crippen molar-refractivity contribution in [3.63, 3.8) is 0 Å². The van der Waals surface area contributed by atoms with Crippen LogP contribution >= 0.6 is 0 Å². The van der Waals surface area contributed by atoms with Crippen LogP contribution < -0.4 is 5.32 Å². The van der Waals surface area contributed by atoms with E-state index in [0.29, 0.717) is 0 Å². The Labute approximate surface area is 112 Å². The van der Waals surface area contributed by atoms with Gasteiger partial charge in [-0.05, 0) is 11.1 Å². The first-order valence-electron chi connectivity index (χ1n) is 6.14. The van der Waals surface area contributed by atoms with Crippen LogP contribution in [0.15, 0.2) is 60.7 Å². The molecular weight excluding hydrogens is 238 g/mol. The molecule has 2 aromatic rings. The summed E-state index contributed by atoms with van der Waals surface area (Å²) in [5, 5.41) is 2.40. The van der Waals surface area contributed by atoms with Gasteiger partial charge in [0.05, 0.1) is 12.8 Å². The van der Waals surface area contributed by atoms with Crippen molar-refractivity contribution in [3.05, 3.63) is 71.8 Å². The number of rotatable bonds is 4. The smallest absolute Gasteiger partial charge is 0.230 e. The Hall–Kier alpha value is -2.42. The summed E-state index contributed by atoms with van der Waals surface area (Å²) in [7, 11) is 0. The largest absolute Gasteiger partial charge is 0.296 e. The van der Waals surface area contributed by atoms with E-state index in [9.17, 15) is 9.59 Å². The van der Waals surface area contributed by atoms with Gasteiger partial charge in [0.15, 0.2) is 0 Å². The molecule has 0 aromatic heterocycles. The molecule has 2 aromatic carbocycles. The van der Waals surface area contributed by atoms with Crippen LogP contribution in [0.3, 0.4) is 0 Å². The minimum atomic E-state index is -0.271. The van der Waals surface area contributed by atoms with Gasteiger partial charge in [-0.25, -0.2) is 0 Å². The van der Waals surface area contributed by atoms with Crippen LogP contribution in [-0.2, 0) is 22.4 Å². The molecule has 96 valence electrons. The lowest BCUT2D eigenvalue weighted by atomic mass is 10.1. The quantitative estimate of drug-likeness (QED) is 0.907. The Kier molecular flexibility index (Phi) is 4.45. The van der Waals surface area contributed by atoms with Crippen molar-refractivity contribution in [3.8, 4) is 0 Å². The second-order valence-corrected chi connectivity index (χ2v) is 4.30. The SMILES string of the molecule is O=C(Cc1ccccc1)NC(=O)Cc1ccccc1. The molecule has 0 saturated heterocycles.